The van der Waals surface area contributed by atoms with Crippen molar-refractivity contribution in [2.24, 2.45) is 5.92 Å². The number of hydrogen-bond acceptors (Lipinski definition) is 5. The summed E-state index contributed by atoms with van der Waals surface area (Å²) in [6.45, 7) is 3.10. The Morgan fingerprint density at radius 1 is 0.875 bits per heavy atom. The van der Waals surface area contributed by atoms with E-state index in [2.05, 4.69) is 4.98 Å². The molecule has 1 aliphatic rings. The SMILES string of the molecule is CC1CCCN(c2nc(C(F)(F)F)c(C(=O)Cc3ccc(-c4ccc(C(=O)Cc5ccccc5)cc4)cc3)o2)C1. The number of alkyl halides is 3. The minimum Gasteiger partial charge on any atom is -0.420 e. The van der Waals surface area contributed by atoms with E-state index in [9.17, 15) is 22.8 Å². The molecule has 2 heterocycles. The number of aromatic nitrogens is 1. The molecular formula is C32H29F3N2O3. The molecule has 0 N–H and O–H groups in total. The third-order valence-electron chi connectivity index (χ3n) is 7.13. The number of rotatable bonds is 8. The molecular weight excluding hydrogens is 517 g/mol. The van der Waals surface area contributed by atoms with Gasteiger partial charge in [0.15, 0.2) is 11.5 Å². The predicted molar refractivity (Wildman–Crippen MR) is 147 cm³/mol. The number of benzene rings is 3. The highest BCUT2D eigenvalue weighted by atomic mass is 19.4. The second-order valence-electron chi connectivity index (χ2n) is 10.3. The van der Waals surface area contributed by atoms with E-state index in [0.717, 1.165) is 29.5 Å². The minimum absolute atomic E-state index is 0.0233. The Morgan fingerprint density at radius 2 is 1.48 bits per heavy atom. The molecule has 1 unspecified atom stereocenters. The molecule has 0 saturated carbocycles. The fourth-order valence-corrected chi connectivity index (χ4v) is 5.00. The molecule has 1 aromatic heterocycles. The molecule has 0 bridgehead atoms. The molecule has 4 aromatic rings. The lowest BCUT2D eigenvalue weighted by Crippen LogP contribution is -2.34. The van der Waals surface area contributed by atoms with Crippen molar-refractivity contribution in [2.45, 2.75) is 38.8 Å². The first-order chi connectivity index (χ1) is 19.2. The average Bonchev–Trinajstić information content (AvgIpc) is 3.41. The van der Waals surface area contributed by atoms with Gasteiger partial charge >= 0.3 is 6.18 Å². The Morgan fingerprint density at radius 3 is 2.10 bits per heavy atom. The largest absolute Gasteiger partial charge is 0.437 e. The molecule has 40 heavy (non-hydrogen) atoms. The standard InChI is InChI=1S/C32H29F3N2O3/c1-21-6-5-17-37(20-21)31-36-30(32(33,34)35)29(40-31)28(39)19-23-9-11-24(12-10-23)25-13-15-26(16-14-25)27(38)18-22-7-3-2-4-8-22/h2-4,7-16,21H,5-6,17-20H2,1H3. The van der Waals surface area contributed by atoms with Gasteiger partial charge in [0.05, 0.1) is 0 Å². The number of ketones is 2. The summed E-state index contributed by atoms with van der Waals surface area (Å²) < 4.78 is 46.6. The molecule has 8 heteroatoms. The molecule has 0 spiro atoms. The summed E-state index contributed by atoms with van der Waals surface area (Å²) >= 11 is 0. The van der Waals surface area contributed by atoms with Gasteiger partial charge < -0.3 is 9.32 Å². The van der Waals surface area contributed by atoms with E-state index < -0.39 is 23.4 Å². The highest BCUT2D eigenvalue weighted by Crippen LogP contribution is 2.35. The van der Waals surface area contributed by atoms with Crippen molar-refractivity contribution in [3.8, 4) is 11.1 Å². The molecule has 206 valence electrons. The van der Waals surface area contributed by atoms with E-state index in [0.29, 0.717) is 36.6 Å². The maximum absolute atomic E-state index is 13.7. The molecule has 0 radical (unpaired) electrons. The molecule has 5 nitrogen and oxygen atoms in total. The summed E-state index contributed by atoms with van der Waals surface area (Å²) in [6.07, 6.45) is -2.91. The van der Waals surface area contributed by atoms with Crippen LogP contribution in [-0.4, -0.2) is 29.6 Å². The number of nitrogens with zero attached hydrogens (tertiary/aromatic N) is 2. The van der Waals surface area contributed by atoms with Crippen LogP contribution in [0, 0.1) is 5.92 Å². The first-order valence-electron chi connectivity index (χ1n) is 13.3. The number of halogens is 3. The maximum atomic E-state index is 13.7. The van der Waals surface area contributed by atoms with Crippen molar-refractivity contribution in [1.29, 1.82) is 0 Å². The van der Waals surface area contributed by atoms with Crippen LogP contribution in [0.1, 0.15) is 57.5 Å². The molecule has 1 fully saturated rings. The quantitative estimate of drug-likeness (QED) is 0.215. The fourth-order valence-electron chi connectivity index (χ4n) is 5.00. The second kappa shape index (κ2) is 11.5. The van der Waals surface area contributed by atoms with Crippen molar-refractivity contribution in [3.63, 3.8) is 0 Å². The van der Waals surface area contributed by atoms with Crippen LogP contribution in [0.4, 0.5) is 19.2 Å². The van der Waals surface area contributed by atoms with Crippen LogP contribution in [0.15, 0.2) is 83.3 Å². The van der Waals surface area contributed by atoms with Gasteiger partial charge in [0.2, 0.25) is 11.5 Å². The molecule has 1 saturated heterocycles. The van der Waals surface area contributed by atoms with E-state index in [-0.39, 0.29) is 18.2 Å². The highest BCUT2D eigenvalue weighted by Gasteiger charge is 2.42. The smallest absolute Gasteiger partial charge is 0.420 e. The maximum Gasteiger partial charge on any atom is 0.437 e. The second-order valence-corrected chi connectivity index (χ2v) is 10.3. The molecule has 0 amide bonds. The van der Waals surface area contributed by atoms with Crippen molar-refractivity contribution in [1.82, 2.24) is 4.98 Å². The fraction of sp³-hybridized carbons (Fsp3) is 0.281. The van der Waals surface area contributed by atoms with E-state index >= 15 is 0 Å². The molecule has 1 aliphatic heterocycles. The summed E-state index contributed by atoms with van der Waals surface area (Å²) in [5.41, 5.74) is 2.58. The summed E-state index contributed by atoms with van der Waals surface area (Å²) in [5, 5.41) is 0. The third-order valence-corrected chi connectivity index (χ3v) is 7.13. The van der Waals surface area contributed by atoms with Crippen LogP contribution in [-0.2, 0) is 19.0 Å². The normalized spacial score (nSPS) is 15.7. The number of Topliss-reactive ketones (excluding diaryl/α,β-unsaturated/α-hetero) is 2. The number of carbonyl (C=O) groups is 2. The van der Waals surface area contributed by atoms with Crippen LogP contribution < -0.4 is 4.90 Å². The highest BCUT2D eigenvalue weighted by molar-refractivity contribution is 5.98. The minimum atomic E-state index is -4.80. The van der Waals surface area contributed by atoms with E-state index in [4.69, 9.17) is 4.42 Å². The number of oxazole rings is 1. The van der Waals surface area contributed by atoms with Gasteiger partial charge in [-0.2, -0.15) is 18.2 Å². The summed E-state index contributed by atoms with van der Waals surface area (Å²) in [7, 11) is 0. The molecule has 1 atom stereocenters. The number of hydrogen-bond donors (Lipinski definition) is 0. The van der Waals surface area contributed by atoms with Crippen LogP contribution in [0.5, 0.6) is 0 Å². The Labute approximate surface area is 230 Å². The van der Waals surface area contributed by atoms with E-state index in [1.54, 1.807) is 41.3 Å². The monoisotopic (exact) mass is 546 g/mol. The van der Waals surface area contributed by atoms with Crippen molar-refractivity contribution >= 4 is 17.6 Å². The lowest BCUT2D eigenvalue weighted by atomic mass is 9.98. The molecule has 0 aliphatic carbocycles. The first-order valence-corrected chi connectivity index (χ1v) is 13.3. The van der Waals surface area contributed by atoms with E-state index in [1.165, 1.54) is 0 Å². The zero-order chi connectivity index (χ0) is 28.3. The van der Waals surface area contributed by atoms with Crippen molar-refractivity contribution in [2.75, 3.05) is 18.0 Å². The zero-order valence-corrected chi connectivity index (χ0v) is 22.1. The van der Waals surface area contributed by atoms with E-state index in [1.807, 2.05) is 49.4 Å². The van der Waals surface area contributed by atoms with Gasteiger partial charge in [0.1, 0.15) is 0 Å². The lowest BCUT2D eigenvalue weighted by molar-refractivity contribution is -0.141. The average molecular weight is 547 g/mol. The van der Waals surface area contributed by atoms with Gasteiger partial charge in [-0.25, -0.2) is 0 Å². The van der Waals surface area contributed by atoms with Gasteiger partial charge in [-0.1, -0.05) is 85.8 Å². The van der Waals surface area contributed by atoms with Gasteiger partial charge in [-0.3, -0.25) is 9.59 Å². The molecule has 3 aromatic carbocycles. The van der Waals surface area contributed by atoms with Crippen LogP contribution in [0.3, 0.4) is 0 Å². The predicted octanol–water partition coefficient (Wildman–Crippen LogP) is 7.45. The van der Waals surface area contributed by atoms with Crippen molar-refractivity contribution in [3.05, 3.63) is 107 Å². The van der Waals surface area contributed by atoms with Crippen LogP contribution in [0.2, 0.25) is 0 Å². The van der Waals surface area contributed by atoms with Crippen molar-refractivity contribution < 1.29 is 27.2 Å². The summed E-state index contributed by atoms with van der Waals surface area (Å²) in [5.74, 6) is -1.19. The Balaban J connectivity index is 1.27. The van der Waals surface area contributed by atoms with Gasteiger partial charge in [0.25, 0.3) is 6.01 Å². The molecule has 5 rings (SSSR count). The van der Waals surface area contributed by atoms with Crippen LogP contribution in [0.25, 0.3) is 11.1 Å². The lowest BCUT2D eigenvalue weighted by Gasteiger charge is -2.29. The first kappa shape index (κ1) is 27.4. The number of piperidine rings is 1. The van der Waals surface area contributed by atoms with Gasteiger partial charge in [-0.15, -0.1) is 0 Å². The Bertz CT molecular complexity index is 1480. The van der Waals surface area contributed by atoms with Gasteiger partial charge in [0, 0.05) is 31.5 Å². The van der Waals surface area contributed by atoms with Gasteiger partial charge in [-0.05, 0) is 41.0 Å². The topological polar surface area (TPSA) is 63.4 Å². The third kappa shape index (κ3) is 6.33. The summed E-state index contributed by atoms with van der Waals surface area (Å²) in [4.78, 5) is 30.9. The number of anilines is 1. The summed E-state index contributed by atoms with van der Waals surface area (Å²) in [6, 6.07) is 23.7. The Hall–Kier alpha value is -4.20. The van der Waals surface area contributed by atoms with Crippen LogP contribution >= 0.6 is 0 Å². The zero-order valence-electron chi connectivity index (χ0n) is 22.1. The Kier molecular flexibility index (Phi) is 7.87. The number of carbonyl (C=O) groups excluding carboxylic acids is 2.